The van der Waals surface area contributed by atoms with E-state index in [4.69, 9.17) is 5.84 Å². The lowest BCUT2D eigenvalue weighted by atomic mass is 10.1. The number of hydrazine groups is 1. The molecule has 1 heterocycles. The summed E-state index contributed by atoms with van der Waals surface area (Å²) in [6.45, 7) is 3.11. The summed E-state index contributed by atoms with van der Waals surface area (Å²) in [7, 11) is 0. The van der Waals surface area contributed by atoms with Gasteiger partial charge in [0.1, 0.15) is 0 Å². The van der Waals surface area contributed by atoms with Crippen molar-refractivity contribution < 1.29 is 8.78 Å². The number of nitrogens with zero attached hydrogens (tertiary/aromatic N) is 1. The molecule has 1 aromatic rings. The quantitative estimate of drug-likeness (QED) is 0.635. The second kappa shape index (κ2) is 3.75. The predicted molar refractivity (Wildman–Crippen MR) is 54.2 cm³/mol. The number of fused-ring (bicyclic) bond motifs is 1. The first kappa shape index (κ1) is 10.3. The molecule has 0 aliphatic carbocycles. The molecule has 1 unspecified atom stereocenters. The minimum absolute atomic E-state index is 0.0520. The van der Waals surface area contributed by atoms with Crippen molar-refractivity contribution >= 4 is 5.69 Å². The highest BCUT2D eigenvalue weighted by Crippen LogP contribution is 2.25. The average molecular weight is 213 g/mol. The van der Waals surface area contributed by atoms with Crippen molar-refractivity contribution in [2.45, 2.75) is 19.5 Å². The Balaban J connectivity index is 2.49. The van der Waals surface area contributed by atoms with Gasteiger partial charge in [0.15, 0.2) is 11.6 Å². The minimum Gasteiger partial charge on any atom is -0.310 e. The van der Waals surface area contributed by atoms with Crippen LogP contribution in [0.3, 0.4) is 0 Å². The number of hydrogen-bond donors (Lipinski definition) is 2. The van der Waals surface area contributed by atoms with E-state index in [0.717, 1.165) is 6.07 Å². The Morgan fingerprint density at radius 2 is 2.07 bits per heavy atom. The van der Waals surface area contributed by atoms with Crippen molar-refractivity contribution in [2.24, 2.45) is 5.84 Å². The van der Waals surface area contributed by atoms with Gasteiger partial charge in [0.05, 0.1) is 11.7 Å². The van der Waals surface area contributed by atoms with Crippen LogP contribution in [0.15, 0.2) is 12.1 Å². The third kappa shape index (κ3) is 1.80. The normalized spacial score (nSPS) is 21.1. The molecular formula is C10H13F2N3. The summed E-state index contributed by atoms with van der Waals surface area (Å²) in [6, 6.07) is 2.39. The third-order valence-corrected chi connectivity index (χ3v) is 2.63. The fourth-order valence-corrected chi connectivity index (χ4v) is 1.71. The van der Waals surface area contributed by atoms with E-state index >= 15 is 0 Å². The number of anilines is 1. The Labute approximate surface area is 86.8 Å². The zero-order chi connectivity index (χ0) is 11.0. The lowest BCUT2D eigenvalue weighted by Gasteiger charge is -2.24. The fourth-order valence-electron chi connectivity index (χ4n) is 1.71. The molecule has 0 amide bonds. The van der Waals surface area contributed by atoms with Crippen LogP contribution < -0.4 is 16.2 Å². The molecule has 0 saturated carbocycles. The molecule has 5 heteroatoms. The van der Waals surface area contributed by atoms with Crippen LogP contribution in [0.4, 0.5) is 14.5 Å². The van der Waals surface area contributed by atoms with Gasteiger partial charge >= 0.3 is 0 Å². The predicted octanol–water partition coefficient (Wildman–Crippen LogP) is 1.14. The van der Waals surface area contributed by atoms with Gasteiger partial charge in [-0.05, 0) is 18.6 Å². The third-order valence-electron chi connectivity index (χ3n) is 2.63. The van der Waals surface area contributed by atoms with E-state index in [-0.39, 0.29) is 6.04 Å². The lowest BCUT2D eigenvalue weighted by molar-refractivity contribution is 0.506. The van der Waals surface area contributed by atoms with Gasteiger partial charge in [0.25, 0.3) is 0 Å². The van der Waals surface area contributed by atoms with Gasteiger partial charge in [-0.15, -0.1) is 0 Å². The van der Waals surface area contributed by atoms with Crippen LogP contribution in [0.5, 0.6) is 0 Å². The highest BCUT2D eigenvalue weighted by molar-refractivity contribution is 5.54. The first-order chi connectivity index (χ1) is 7.09. The summed E-state index contributed by atoms with van der Waals surface area (Å²) in [4.78, 5) is 0. The number of nitrogens with one attached hydrogen (secondary N) is 1. The topological polar surface area (TPSA) is 41.3 Å². The van der Waals surface area contributed by atoms with E-state index in [1.807, 2.05) is 6.92 Å². The van der Waals surface area contributed by atoms with Gasteiger partial charge in [-0.25, -0.2) is 14.6 Å². The Morgan fingerprint density at radius 1 is 1.40 bits per heavy atom. The average Bonchev–Trinajstić information content (AvgIpc) is 2.32. The summed E-state index contributed by atoms with van der Waals surface area (Å²) in [6.07, 6.45) is 0. The first-order valence-corrected chi connectivity index (χ1v) is 4.82. The molecule has 1 aliphatic rings. The SMILES string of the molecule is CC1CNCc2cc(F)c(F)cc2N1N. The van der Waals surface area contributed by atoms with Crippen LogP contribution in [0, 0.1) is 11.6 Å². The molecular weight excluding hydrogens is 200 g/mol. The molecule has 1 aliphatic heterocycles. The van der Waals surface area contributed by atoms with Gasteiger partial charge in [-0.3, -0.25) is 0 Å². The van der Waals surface area contributed by atoms with Crippen LogP contribution in [-0.4, -0.2) is 12.6 Å². The molecule has 0 aromatic heterocycles. The van der Waals surface area contributed by atoms with E-state index in [2.05, 4.69) is 5.32 Å². The second-order valence-electron chi connectivity index (χ2n) is 3.78. The molecule has 1 aromatic carbocycles. The second-order valence-corrected chi connectivity index (χ2v) is 3.78. The highest BCUT2D eigenvalue weighted by atomic mass is 19.2. The smallest absolute Gasteiger partial charge is 0.160 e. The van der Waals surface area contributed by atoms with Crippen LogP contribution in [0.2, 0.25) is 0 Å². The van der Waals surface area contributed by atoms with E-state index in [1.54, 1.807) is 0 Å². The summed E-state index contributed by atoms with van der Waals surface area (Å²) < 4.78 is 26.1. The van der Waals surface area contributed by atoms with Crippen LogP contribution in [0.25, 0.3) is 0 Å². The molecule has 1 atom stereocenters. The Hall–Kier alpha value is -1.20. The molecule has 0 fully saturated rings. The Morgan fingerprint density at radius 3 is 2.80 bits per heavy atom. The zero-order valence-corrected chi connectivity index (χ0v) is 8.43. The van der Waals surface area contributed by atoms with Crippen molar-refractivity contribution in [3.63, 3.8) is 0 Å². The molecule has 2 rings (SSSR count). The van der Waals surface area contributed by atoms with Gasteiger partial charge in [0, 0.05) is 19.2 Å². The van der Waals surface area contributed by atoms with E-state index < -0.39 is 11.6 Å². The van der Waals surface area contributed by atoms with Crippen LogP contribution >= 0.6 is 0 Å². The Kier molecular flexibility index (Phi) is 2.58. The van der Waals surface area contributed by atoms with E-state index in [0.29, 0.717) is 24.3 Å². The van der Waals surface area contributed by atoms with Gasteiger partial charge in [0.2, 0.25) is 0 Å². The van der Waals surface area contributed by atoms with Crippen molar-refractivity contribution in [1.29, 1.82) is 0 Å². The summed E-state index contributed by atoms with van der Waals surface area (Å²) >= 11 is 0. The van der Waals surface area contributed by atoms with Crippen molar-refractivity contribution in [3.05, 3.63) is 29.3 Å². The Bertz CT molecular complexity index is 381. The zero-order valence-electron chi connectivity index (χ0n) is 8.43. The molecule has 82 valence electrons. The van der Waals surface area contributed by atoms with Crippen molar-refractivity contribution in [1.82, 2.24) is 5.32 Å². The first-order valence-electron chi connectivity index (χ1n) is 4.82. The van der Waals surface area contributed by atoms with Gasteiger partial charge in [-0.2, -0.15) is 0 Å². The summed E-state index contributed by atoms with van der Waals surface area (Å²) in [5, 5.41) is 4.59. The molecule has 0 saturated heterocycles. The summed E-state index contributed by atoms with van der Waals surface area (Å²) in [5.41, 5.74) is 1.23. The number of nitrogens with two attached hydrogens (primary N) is 1. The van der Waals surface area contributed by atoms with Crippen molar-refractivity contribution in [3.8, 4) is 0 Å². The minimum atomic E-state index is -0.863. The van der Waals surface area contributed by atoms with Gasteiger partial charge in [-0.1, -0.05) is 0 Å². The highest BCUT2D eigenvalue weighted by Gasteiger charge is 2.20. The van der Waals surface area contributed by atoms with E-state index in [9.17, 15) is 8.78 Å². The summed E-state index contributed by atoms with van der Waals surface area (Å²) in [5.74, 6) is 4.12. The largest absolute Gasteiger partial charge is 0.310 e. The maximum Gasteiger partial charge on any atom is 0.160 e. The van der Waals surface area contributed by atoms with Crippen molar-refractivity contribution in [2.75, 3.05) is 11.6 Å². The monoisotopic (exact) mass is 213 g/mol. The molecule has 3 nitrogen and oxygen atoms in total. The standard InChI is InChI=1S/C10H13F2N3/c1-6-4-14-5-7-2-8(11)9(12)3-10(7)15(6)13/h2-3,6,14H,4-5,13H2,1H3. The number of halogens is 2. The van der Waals surface area contributed by atoms with Gasteiger partial charge < -0.3 is 10.3 Å². The van der Waals surface area contributed by atoms with Crippen LogP contribution in [-0.2, 0) is 6.54 Å². The molecule has 0 spiro atoms. The molecule has 3 N–H and O–H groups in total. The maximum absolute atomic E-state index is 13.1. The lowest BCUT2D eigenvalue weighted by Crippen LogP contribution is -2.43. The number of rotatable bonds is 0. The molecule has 15 heavy (non-hydrogen) atoms. The number of hydrogen-bond acceptors (Lipinski definition) is 3. The molecule has 0 bridgehead atoms. The molecule has 0 radical (unpaired) electrons. The fraction of sp³-hybridized carbons (Fsp3) is 0.400. The van der Waals surface area contributed by atoms with Crippen LogP contribution in [0.1, 0.15) is 12.5 Å². The number of benzene rings is 1. The van der Waals surface area contributed by atoms with E-state index in [1.165, 1.54) is 11.1 Å². The maximum atomic E-state index is 13.1.